The van der Waals surface area contributed by atoms with E-state index < -0.39 is 0 Å². The van der Waals surface area contributed by atoms with Gasteiger partial charge in [0.2, 0.25) is 0 Å². The lowest BCUT2D eigenvalue weighted by atomic mass is 9.43. The largest absolute Gasteiger partial charge is 0.456 e. The van der Waals surface area contributed by atoms with Crippen molar-refractivity contribution in [3.63, 3.8) is 0 Å². The van der Waals surface area contributed by atoms with Crippen LogP contribution >= 0.6 is 0 Å². The predicted octanol–water partition coefficient (Wildman–Crippen LogP) is 13.7. The lowest BCUT2D eigenvalue weighted by Gasteiger charge is -2.43. The molecule has 14 rings (SSSR count). The van der Waals surface area contributed by atoms with E-state index in [4.69, 9.17) is 8.83 Å². The third-order valence-corrected chi connectivity index (χ3v) is 14.6. The summed E-state index contributed by atoms with van der Waals surface area (Å²) in [5.74, 6) is 0. The number of para-hydroxylation sites is 2. The van der Waals surface area contributed by atoms with Crippen LogP contribution in [-0.4, -0.2) is 11.4 Å². The Morgan fingerprint density at radius 2 is 1.21 bits per heavy atom. The van der Waals surface area contributed by atoms with Crippen LogP contribution in [-0.2, 0) is 10.8 Å². The van der Waals surface area contributed by atoms with Gasteiger partial charge in [0.05, 0.1) is 11.0 Å². The summed E-state index contributed by atoms with van der Waals surface area (Å²) in [6, 6.07) is 52.3. The molecule has 3 aromatic heterocycles. The van der Waals surface area contributed by atoms with Crippen LogP contribution in [0.1, 0.15) is 56.9 Å². The highest BCUT2D eigenvalue weighted by molar-refractivity contribution is 6.94. The van der Waals surface area contributed by atoms with E-state index in [2.05, 4.69) is 190 Å². The molecular weight excluding hydrogens is 743 g/mol. The molecule has 0 saturated carbocycles. The van der Waals surface area contributed by atoms with Crippen molar-refractivity contribution in [1.82, 2.24) is 4.57 Å². The van der Waals surface area contributed by atoms with Crippen molar-refractivity contribution < 1.29 is 8.83 Å². The number of rotatable bonds is 1. The summed E-state index contributed by atoms with van der Waals surface area (Å²) < 4.78 is 15.9. The van der Waals surface area contributed by atoms with Gasteiger partial charge in [-0.3, -0.25) is 0 Å². The maximum Gasteiger partial charge on any atom is 0.333 e. The second-order valence-electron chi connectivity index (χ2n) is 19.3. The average molecular weight is 785 g/mol. The van der Waals surface area contributed by atoms with Crippen LogP contribution in [0, 0.1) is 6.92 Å². The molecule has 290 valence electrons. The van der Waals surface area contributed by atoms with Gasteiger partial charge in [-0.15, -0.1) is 0 Å². The average Bonchev–Trinajstić information content (AvgIpc) is 3.98. The minimum Gasteiger partial charge on any atom is -0.456 e. The molecule has 0 amide bonds. The zero-order valence-electron chi connectivity index (χ0n) is 35.1. The molecule has 4 nitrogen and oxygen atoms in total. The quantitative estimate of drug-likeness (QED) is 0.156. The molecular formula is C56H41BN2O2. The van der Waals surface area contributed by atoms with Gasteiger partial charge in [-0.2, -0.15) is 0 Å². The Labute approximate surface area is 353 Å². The minimum atomic E-state index is -0.139. The van der Waals surface area contributed by atoms with Gasteiger partial charge in [0.15, 0.2) is 0 Å². The van der Waals surface area contributed by atoms with Crippen molar-refractivity contribution in [3.05, 3.63) is 162 Å². The summed E-state index contributed by atoms with van der Waals surface area (Å²) in [5.41, 5.74) is 22.7. The number of hydrogen-bond acceptors (Lipinski definition) is 3. The van der Waals surface area contributed by atoms with Gasteiger partial charge in [-0.1, -0.05) is 120 Å². The van der Waals surface area contributed by atoms with Crippen LogP contribution in [0.5, 0.6) is 0 Å². The van der Waals surface area contributed by atoms with E-state index in [-0.39, 0.29) is 17.7 Å². The maximum atomic E-state index is 6.70. The normalized spacial score (nSPS) is 14.8. The van der Waals surface area contributed by atoms with E-state index in [1.54, 1.807) is 0 Å². The first-order valence-electron chi connectivity index (χ1n) is 21.6. The molecule has 0 saturated heterocycles. The number of nitrogens with zero attached hydrogens (tertiary/aromatic N) is 2. The molecule has 11 aromatic rings. The molecule has 0 bridgehead atoms. The highest BCUT2D eigenvalue weighted by Crippen LogP contribution is 2.55. The molecule has 0 spiro atoms. The number of furan rings is 2. The third-order valence-electron chi connectivity index (χ3n) is 14.6. The predicted molar refractivity (Wildman–Crippen MR) is 255 cm³/mol. The Hall–Kier alpha value is -6.98. The van der Waals surface area contributed by atoms with Gasteiger partial charge < -0.3 is 18.2 Å². The molecule has 61 heavy (non-hydrogen) atoms. The Morgan fingerprint density at radius 1 is 0.541 bits per heavy atom. The van der Waals surface area contributed by atoms with Gasteiger partial charge in [0.25, 0.3) is 0 Å². The zero-order valence-corrected chi connectivity index (χ0v) is 35.1. The van der Waals surface area contributed by atoms with Gasteiger partial charge in [-0.25, -0.2) is 0 Å². The van der Waals surface area contributed by atoms with Gasteiger partial charge in [0, 0.05) is 72.5 Å². The molecule has 5 heterocycles. The van der Waals surface area contributed by atoms with Crippen molar-refractivity contribution in [2.75, 3.05) is 4.81 Å². The summed E-state index contributed by atoms with van der Waals surface area (Å²) in [7, 11) is 0. The van der Waals surface area contributed by atoms with Crippen LogP contribution < -0.4 is 15.7 Å². The topological polar surface area (TPSA) is 34.5 Å². The fourth-order valence-corrected chi connectivity index (χ4v) is 11.7. The zero-order chi connectivity index (χ0) is 40.8. The molecule has 0 unspecified atom stereocenters. The lowest BCUT2D eigenvalue weighted by molar-refractivity contribution is 0.590. The lowest BCUT2D eigenvalue weighted by Crippen LogP contribution is -2.60. The van der Waals surface area contributed by atoms with Crippen molar-refractivity contribution in [2.45, 2.75) is 52.4 Å². The van der Waals surface area contributed by atoms with Crippen molar-refractivity contribution in [3.8, 4) is 27.9 Å². The van der Waals surface area contributed by atoms with Crippen molar-refractivity contribution in [2.24, 2.45) is 0 Å². The van der Waals surface area contributed by atoms with E-state index in [0.29, 0.717) is 0 Å². The molecule has 2 aliphatic heterocycles. The first kappa shape index (κ1) is 33.8. The number of aryl methyl sites for hydroxylation is 1. The van der Waals surface area contributed by atoms with Crippen LogP contribution in [0.4, 0.5) is 11.4 Å². The molecule has 0 fully saturated rings. The van der Waals surface area contributed by atoms with Gasteiger partial charge >= 0.3 is 6.85 Å². The fourth-order valence-electron chi connectivity index (χ4n) is 11.7. The highest BCUT2D eigenvalue weighted by atomic mass is 16.3. The number of benzene rings is 8. The fraction of sp³-hybridized carbons (Fsp3) is 0.143. The van der Waals surface area contributed by atoms with E-state index in [1.807, 2.05) is 0 Å². The Balaban J connectivity index is 1.18. The second-order valence-corrected chi connectivity index (χ2v) is 19.3. The highest BCUT2D eigenvalue weighted by Gasteiger charge is 2.46. The van der Waals surface area contributed by atoms with Crippen LogP contribution in [0.25, 0.3) is 93.6 Å². The van der Waals surface area contributed by atoms with Crippen LogP contribution in [0.3, 0.4) is 0 Å². The molecule has 0 N–H and O–H groups in total. The monoisotopic (exact) mass is 784 g/mol. The summed E-state index contributed by atoms with van der Waals surface area (Å²) in [6.07, 6.45) is 0. The van der Waals surface area contributed by atoms with Crippen molar-refractivity contribution >= 4 is 94.8 Å². The molecule has 3 aliphatic rings. The number of aromatic nitrogens is 1. The first-order valence-corrected chi connectivity index (χ1v) is 21.6. The standard InChI is InChI=1S/C56H41BN2O2/c1-30-23-40-37-25-43-36(33-13-7-10-16-42(33)56(43,5)6)27-46(37)59(32-21-19-31(20-22-32)55(2,3)4)57-44-26-39-35-15-9-12-18-49(35)61-51(39)29-47(44)58-45-28-50-38(34-14-8-11-17-48(34)60-50)24-41(45)52(30)54(58)53(40)57/h7-29H,1-6H3. The Kier molecular flexibility index (Phi) is 6.12. The summed E-state index contributed by atoms with van der Waals surface area (Å²) in [5, 5.41) is 7.09. The van der Waals surface area contributed by atoms with Crippen LogP contribution in [0.2, 0.25) is 0 Å². The summed E-state index contributed by atoms with van der Waals surface area (Å²) in [4.78, 5) is 2.67. The SMILES string of the molecule is Cc1cc2c3c4c1c1cc5c(cc1n4-c1cc4oc6ccccc6c4cc1B3N(c1ccc(C(C)(C)C)cc1)c1cc3c(cc1-2)C(C)(C)c1ccccc1-3)oc1ccccc15. The number of fused-ring (bicyclic) bond motifs is 17. The number of hydrogen-bond donors (Lipinski definition) is 0. The second kappa shape index (κ2) is 11.0. The first-order chi connectivity index (χ1) is 29.5. The third kappa shape index (κ3) is 4.17. The number of anilines is 2. The molecule has 8 aromatic carbocycles. The smallest absolute Gasteiger partial charge is 0.333 e. The maximum absolute atomic E-state index is 6.70. The molecule has 1 aliphatic carbocycles. The molecule has 0 atom stereocenters. The molecule has 5 heteroatoms. The van der Waals surface area contributed by atoms with E-state index >= 15 is 0 Å². The van der Waals surface area contributed by atoms with Gasteiger partial charge in [0.1, 0.15) is 22.3 Å². The Morgan fingerprint density at radius 3 is 1.95 bits per heavy atom. The van der Waals surface area contributed by atoms with E-state index in [1.165, 1.54) is 83.1 Å². The van der Waals surface area contributed by atoms with E-state index in [9.17, 15) is 0 Å². The summed E-state index contributed by atoms with van der Waals surface area (Å²) >= 11 is 0. The van der Waals surface area contributed by atoms with E-state index in [0.717, 1.165) is 55.1 Å². The van der Waals surface area contributed by atoms with Crippen molar-refractivity contribution in [1.29, 1.82) is 0 Å². The Bertz CT molecular complexity index is 3800. The van der Waals surface area contributed by atoms with Crippen LogP contribution in [0.15, 0.2) is 148 Å². The minimum absolute atomic E-state index is 0.0293. The molecule has 0 radical (unpaired) electrons. The van der Waals surface area contributed by atoms with Gasteiger partial charge in [-0.05, 0) is 105 Å². The summed E-state index contributed by atoms with van der Waals surface area (Å²) in [6.45, 7) is 13.9.